The number of hydrogen-bond donors (Lipinski definition) is 0. The summed E-state index contributed by atoms with van der Waals surface area (Å²) in [4.78, 5) is 3.86. The summed E-state index contributed by atoms with van der Waals surface area (Å²) < 4.78 is 0.905. The van der Waals surface area contributed by atoms with Gasteiger partial charge in [-0.05, 0) is 11.6 Å². The smallest absolute Gasteiger partial charge is 0.130 e. The van der Waals surface area contributed by atoms with Crippen molar-refractivity contribution in [3.63, 3.8) is 0 Å². The van der Waals surface area contributed by atoms with E-state index in [2.05, 4.69) is 20.9 Å². The maximum absolute atomic E-state index is 5.59. The Bertz CT molecular complexity index is 239. The second-order valence-corrected chi connectivity index (χ2v) is 3.24. The molecule has 0 spiro atoms. The van der Waals surface area contributed by atoms with E-state index in [-0.39, 0.29) is 0 Å². The zero-order valence-electron chi connectivity index (χ0n) is 4.94. The van der Waals surface area contributed by atoms with Crippen LogP contribution in [0.1, 0.15) is 5.56 Å². The first-order valence-corrected chi connectivity index (χ1v) is 4.30. The Kier molecular flexibility index (Phi) is 2.96. The molecule has 10 heavy (non-hydrogen) atoms. The summed E-state index contributed by atoms with van der Waals surface area (Å²) in [5.74, 6) is 0.449. The fraction of sp³-hybridized carbons (Fsp3) is 0.167. The summed E-state index contributed by atoms with van der Waals surface area (Å²) in [6, 6.07) is 1.72. The van der Waals surface area contributed by atoms with Crippen LogP contribution in [0, 0.1) is 0 Å². The van der Waals surface area contributed by atoms with Crippen LogP contribution in [0.25, 0.3) is 0 Å². The molecule has 0 amide bonds. The third kappa shape index (κ3) is 1.84. The average Bonchev–Trinajstić information content (AvgIpc) is 1.88. The number of pyridine rings is 1. The van der Waals surface area contributed by atoms with Crippen molar-refractivity contribution < 1.29 is 0 Å². The molecular weight excluding hydrogens is 237 g/mol. The van der Waals surface area contributed by atoms with E-state index in [1.54, 1.807) is 12.3 Å². The van der Waals surface area contributed by atoms with E-state index in [1.165, 1.54) is 0 Å². The number of halogens is 3. The van der Waals surface area contributed by atoms with E-state index >= 15 is 0 Å². The molecule has 0 aliphatic heterocycles. The zero-order valence-corrected chi connectivity index (χ0v) is 8.04. The van der Waals surface area contributed by atoms with Gasteiger partial charge < -0.3 is 0 Å². The highest BCUT2D eigenvalue weighted by molar-refractivity contribution is 9.10. The van der Waals surface area contributed by atoms with Crippen molar-refractivity contribution in [2.75, 3.05) is 0 Å². The molecule has 0 radical (unpaired) electrons. The summed E-state index contributed by atoms with van der Waals surface area (Å²) in [7, 11) is 0. The summed E-state index contributed by atoms with van der Waals surface area (Å²) in [5, 5.41) is 0.473. The Morgan fingerprint density at radius 3 is 2.80 bits per heavy atom. The lowest BCUT2D eigenvalue weighted by Crippen LogP contribution is -1.82. The molecule has 1 rings (SSSR count). The van der Waals surface area contributed by atoms with Crippen molar-refractivity contribution in [2.24, 2.45) is 0 Å². The molecule has 0 saturated heterocycles. The van der Waals surface area contributed by atoms with Gasteiger partial charge in [0.25, 0.3) is 0 Å². The van der Waals surface area contributed by atoms with Crippen molar-refractivity contribution in [2.45, 2.75) is 5.88 Å². The van der Waals surface area contributed by atoms with Gasteiger partial charge in [-0.2, -0.15) is 0 Å². The first kappa shape index (κ1) is 8.31. The molecule has 1 aromatic rings. The van der Waals surface area contributed by atoms with E-state index in [0.29, 0.717) is 11.0 Å². The molecule has 0 atom stereocenters. The standard InChI is InChI=1S/C6H4BrCl2N/c7-5-1-6(9)10-3-4(5)2-8/h1,3H,2H2. The Labute approximate surface area is 77.5 Å². The predicted octanol–water partition coefficient (Wildman–Crippen LogP) is 3.24. The van der Waals surface area contributed by atoms with Crippen LogP contribution in [-0.4, -0.2) is 4.98 Å². The maximum Gasteiger partial charge on any atom is 0.130 e. The highest BCUT2D eigenvalue weighted by Crippen LogP contribution is 2.20. The van der Waals surface area contributed by atoms with Gasteiger partial charge in [-0.1, -0.05) is 27.5 Å². The van der Waals surface area contributed by atoms with E-state index < -0.39 is 0 Å². The third-order valence-corrected chi connectivity index (χ3v) is 2.27. The van der Waals surface area contributed by atoms with Gasteiger partial charge in [-0.25, -0.2) is 4.98 Å². The number of nitrogens with zero attached hydrogens (tertiary/aromatic N) is 1. The molecule has 0 bridgehead atoms. The number of alkyl halides is 1. The number of hydrogen-bond acceptors (Lipinski definition) is 1. The maximum atomic E-state index is 5.59. The molecule has 0 saturated carbocycles. The van der Waals surface area contributed by atoms with E-state index in [4.69, 9.17) is 23.2 Å². The van der Waals surface area contributed by atoms with E-state index in [9.17, 15) is 0 Å². The van der Waals surface area contributed by atoms with Gasteiger partial charge in [0.1, 0.15) is 5.15 Å². The Balaban J connectivity index is 3.07. The van der Waals surface area contributed by atoms with E-state index in [1.807, 2.05) is 0 Å². The summed E-state index contributed by atoms with van der Waals surface area (Å²) in [5.41, 5.74) is 0.950. The average molecular weight is 241 g/mol. The van der Waals surface area contributed by atoms with Crippen LogP contribution >= 0.6 is 39.1 Å². The van der Waals surface area contributed by atoms with Gasteiger partial charge in [-0.15, -0.1) is 11.6 Å². The fourth-order valence-electron chi connectivity index (χ4n) is 0.534. The number of rotatable bonds is 1. The molecule has 0 aliphatic rings. The van der Waals surface area contributed by atoms with Crippen molar-refractivity contribution in [1.29, 1.82) is 0 Å². The molecule has 1 nitrogen and oxygen atoms in total. The minimum absolute atomic E-state index is 0.449. The molecule has 1 heterocycles. The second kappa shape index (κ2) is 3.56. The summed E-state index contributed by atoms with van der Waals surface area (Å²) >= 11 is 14.5. The topological polar surface area (TPSA) is 12.9 Å². The lowest BCUT2D eigenvalue weighted by atomic mass is 10.3. The molecule has 1 aromatic heterocycles. The van der Waals surface area contributed by atoms with Gasteiger partial charge in [0, 0.05) is 10.7 Å². The monoisotopic (exact) mass is 239 g/mol. The minimum atomic E-state index is 0.449. The highest BCUT2D eigenvalue weighted by atomic mass is 79.9. The normalized spacial score (nSPS) is 9.90. The SMILES string of the molecule is ClCc1cnc(Cl)cc1Br. The van der Waals surface area contributed by atoms with Crippen molar-refractivity contribution in [3.05, 3.63) is 27.5 Å². The van der Waals surface area contributed by atoms with Crippen LogP contribution < -0.4 is 0 Å². The largest absolute Gasteiger partial charge is 0.244 e. The van der Waals surface area contributed by atoms with Crippen molar-refractivity contribution >= 4 is 39.1 Å². The van der Waals surface area contributed by atoms with Crippen LogP contribution in [0.2, 0.25) is 5.15 Å². The van der Waals surface area contributed by atoms with Crippen LogP contribution in [-0.2, 0) is 5.88 Å². The van der Waals surface area contributed by atoms with Gasteiger partial charge in [0.2, 0.25) is 0 Å². The second-order valence-electron chi connectivity index (χ2n) is 1.73. The van der Waals surface area contributed by atoms with Crippen molar-refractivity contribution in [3.8, 4) is 0 Å². The van der Waals surface area contributed by atoms with Crippen LogP contribution in [0.4, 0.5) is 0 Å². The quantitative estimate of drug-likeness (QED) is 0.543. The van der Waals surface area contributed by atoms with Crippen molar-refractivity contribution in [1.82, 2.24) is 4.98 Å². The first-order chi connectivity index (χ1) is 4.74. The van der Waals surface area contributed by atoms with E-state index in [0.717, 1.165) is 10.0 Å². The highest BCUT2D eigenvalue weighted by Gasteiger charge is 1.98. The zero-order chi connectivity index (χ0) is 7.56. The fourth-order valence-corrected chi connectivity index (χ4v) is 1.66. The third-order valence-electron chi connectivity index (χ3n) is 1.04. The molecule has 0 fully saturated rings. The van der Waals surface area contributed by atoms with Crippen LogP contribution in [0.3, 0.4) is 0 Å². The van der Waals surface area contributed by atoms with Crippen LogP contribution in [0.5, 0.6) is 0 Å². The van der Waals surface area contributed by atoms with Gasteiger partial charge in [-0.3, -0.25) is 0 Å². The summed E-state index contributed by atoms with van der Waals surface area (Å²) in [6.45, 7) is 0. The molecule has 0 N–H and O–H groups in total. The Hall–Kier alpha value is 0.210. The Morgan fingerprint density at radius 1 is 1.60 bits per heavy atom. The molecule has 54 valence electrons. The van der Waals surface area contributed by atoms with Gasteiger partial charge >= 0.3 is 0 Å². The molecule has 0 aliphatic carbocycles. The predicted molar refractivity (Wildman–Crippen MR) is 46.5 cm³/mol. The summed E-state index contributed by atoms with van der Waals surface area (Å²) in [6.07, 6.45) is 1.65. The molecule has 0 unspecified atom stereocenters. The first-order valence-electron chi connectivity index (χ1n) is 2.60. The molecule has 0 aromatic carbocycles. The minimum Gasteiger partial charge on any atom is -0.244 e. The number of aromatic nitrogens is 1. The van der Waals surface area contributed by atoms with Gasteiger partial charge in [0.05, 0.1) is 5.88 Å². The van der Waals surface area contributed by atoms with Crippen LogP contribution in [0.15, 0.2) is 16.7 Å². The lowest BCUT2D eigenvalue weighted by Gasteiger charge is -1.97. The molecule has 4 heteroatoms. The Morgan fingerprint density at radius 2 is 2.30 bits per heavy atom. The molecular formula is C6H4BrCl2N. The lowest BCUT2D eigenvalue weighted by molar-refractivity contribution is 1.23. The van der Waals surface area contributed by atoms with Gasteiger partial charge in [0.15, 0.2) is 0 Å².